The standard InChI is InChI=1S/C28H19N2O.C13H12N.Ir/c1-17-6-8-19-9-10-20(15-22(19)14-17)21-12-13-29-26(16-21)25-5-3-4-23-24-11-7-18(2)30-28(24)31-27(23)25;1-10-3-6-12(7-4-10)13-8-5-11(2)9-14-13;/h3-4,6-16H,1-2H3;3-6,8-9H,1-2H3;/q2*-1;. The summed E-state index contributed by atoms with van der Waals surface area (Å²) < 4.78 is 6.15. The van der Waals surface area contributed by atoms with E-state index < -0.39 is 0 Å². The van der Waals surface area contributed by atoms with E-state index in [1.807, 2.05) is 68.7 Å². The maximum atomic E-state index is 6.15. The second-order valence-electron chi connectivity index (χ2n) is 11.5. The summed E-state index contributed by atoms with van der Waals surface area (Å²) >= 11 is 0. The van der Waals surface area contributed by atoms with Crippen LogP contribution in [0, 0.1) is 39.8 Å². The second kappa shape index (κ2) is 13.2. The van der Waals surface area contributed by atoms with Crippen molar-refractivity contribution in [3.05, 3.63) is 150 Å². The second-order valence-corrected chi connectivity index (χ2v) is 11.5. The molecule has 8 rings (SSSR count). The zero-order valence-electron chi connectivity index (χ0n) is 26.1. The summed E-state index contributed by atoms with van der Waals surface area (Å²) in [5.74, 6) is 0. The fraction of sp³-hybridized carbons (Fsp3) is 0.0976. The van der Waals surface area contributed by atoms with E-state index in [1.165, 1.54) is 27.5 Å². The fourth-order valence-corrected chi connectivity index (χ4v) is 5.49. The molecule has 5 heteroatoms. The molecule has 4 heterocycles. The SMILES string of the molecule is Cc1c[c-]c(-c2ccc(C)cn2)cc1.Cc1ccc2ccc(-c3ccnc(-c4[c-]ccc5c4oc4nc(C)ccc45)c3)cc2c1.[Ir]. The van der Waals surface area contributed by atoms with Crippen molar-refractivity contribution < 1.29 is 24.5 Å². The largest absolute Gasteiger partial charge is 0.486 e. The normalized spacial score (nSPS) is 10.9. The molecule has 4 nitrogen and oxygen atoms in total. The molecule has 0 spiro atoms. The van der Waals surface area contributed by atoms with E-state index in [2.05, 4.69) is 102 Å². The van der Waals surface area contributed by atoms with Gasteiger partial charge in [0.25, 0.3) is 0 Å². The maximum Gasteiger partial charge on any atom is 0.216 e. The molecular weight excluding hydrogens is 743 g/mol. The van der Waals surface area contributed by atoms with E-state index in [0.717, 1.165) is 55.7 Å². The third-order valence-corrected chi connectivity index (χ3v) is 7.94. The molecule has 0 bridgehead atoms. The summed E-state index contributed by atoms with van der Waals surface area (Å²) in [6, 6.07) is 42.0. The molecule has 0 aliphatic heterocycles. The van der Waals surface area contributed by atoms with Crippen molar-refractivity contribution in [2.24, 2.45) is 0 Å². The smallest absolute Gasteiger partial charge is 0.216 e. The Kier molecular flexibility index (Phi) is 8.89. The van der Waals surface area contributed by atoms with Crippen LogP contribution in [0.15, 0.2) is 120 Å². The Bertz CT molecular complexity index is 2260. The molecule has 4 aromatic heterocycles. The quantitative estimate of drug-likeness (QED) is 0.168. The first-order chi connectivity index (χ1) is 21.9. The number of hydrogen-bond donors (Lipinski definition) is 0. The van der Waals surface area contributed by atoms with Gasteiger partial charge in [0.2, 0.25) is 5.71 Å². The van der Waals surface area contributed by atoms with Crippen molar-refractivity contribution in [2.75, 3.05) is 0 Å². The third kappa shape index (κ3) is 6.39. The number of furan rings is 1. The van der Waals surface area contributed by atoms with Gasteiger partial charge in [0.1, 0.15) is 0 Å². The Balaban J connectivity index is 0.000000209. The first-order valence-corrected chi connectivity index (χ1v) is 15.0. The van der Waals surface area contributed by atoms with Crippen LogP contribution >= 0.6 is 0 Å². The number of aromatic nitrogens is 3. The number of rotatable bonds is 3. The predicted molar refractivity (Wildman–Crippen MR) is 184 cm³/mol. The van der Waals surface area contributed by atoms with Crippen LogP contribution in [0.4, 0.5) is 0 Å². The summed E-state index contributed by atoms with van der Waals surface area (Å²) in [7, 11) is 0. The summed E-state index contributed by atoms with van der Waals surface area (Å²) in [5, 5.41) is 4.52. The average Bonchev–Trinajstić information content (AvgIpc) is 3.43. The zero-order chi connectivity index (χ0) is 30.9. The number of pyridine rings is 3. The van der Waals surface area contributed by atoms with Gasteiger partial charge >= 0.3 is 0 Å². The van der Waals surface area contributed by atoms with Gasteiger partial charge in [-0.25, -0.2) is 4.98 Å². The van der Waals surface area contributed by atoms with Gasteiger partial charge in [-0.2, -0.15) is 0 Å². The van der Waals surface area contributed by atoms with Crippen molar-refractivity contribution >= 4 is 32.8 Å². The molecular formula is C41H31IrN3O-2. The van der Waals surface area contributed by atoms with E-state index in [-0.39, 0.29) is 20.1 Å². The first-order valence-electron chi connectivity index (χ1n) is 15.0. The van der Waals surface area contributed by atoms with Gasteiger partial charge in [-0.3, -0.25) is 0 Å². The van der Waals surface area contributed by atoms with E-state index in [0.29, 0.717) is 5.71 Å². The molecule has 0 amide bonds. The monoisotopic (exact) mass is 774 g/mol. The first kappa shape index (κ1) is 31.0. The van der Waals surface area contributed by atoms with Crippen molar-refractivity contribution in [1.82, 2.24) is 15.0 Å². The third-order valence-electron chi connectivity index (χ3n) is 7.94. The Morgan fingerprint density at radius 1 is 0.609 bits per heavy atom. The molecule has 0 atom stereocenters. The number of hydrogen-bond acceptors (Lipinski definition) is 4. The van der Waals surface area contributed by atoms with Gasteiger partial charge in [-0.05, 0) is 83.9 Å². The van der Waals surface area contributed by atoms with E-state index >= 15 is 0 Å². The van der Waals surface area contributed by atoms with Crippen LogP contribution in [-0.2, 0) is 20.1 Å². The van der Waals surface area contributed by atoms with Crippen LogP contribution < -0.4 is 0 Å². The molecule has 0 fully saturated rings. The summed E-state index contributed by atoms with van der Waals surface area (Å²) in [6.45, 7) is 8.19. The van der Waals surface area contributed by atoms with Gasteiger partial charge in [0.15, 0.2) is 0 Å². The Morgan fingerprint density at radius 3 is 2.22 bits per heavy atom. The summed E-state index contributed by atoms with van der Waals surface area (Å²) in [5.41, 5.74) is 12.0. The molecule has 0 aliphatic rings. The van der Waals surface area contributed by atoms with Crippen LogP contribution in [0.1, 0.15) is 22.4 Å². The molecule has 227 valence electrons. The molecule has 0 saturated heterocycles. The van der Waals surface area contributed by atoms with E-state index in [4.69, 9.17) is 4.42 Å². The zero-order valence-corrected chi connectivity index (χ0v) is 28.4. The van der Waals surface area contributed by atoms with Crippen molar-refractivity contribution in [1.29, 1.82) is 0 Å². The van der Waals surface area contributed by atoms with Crippen molar-refractivity contribution in [2.45, 2.75) is 27.7 Å². The van der Waals surface area contributed by atoms with Crippen LogP contribution in [0.2, 0.25) is 0 Å². The Hall–Kier alpha value is -4.96. The molecule has 0 unspecified atom stereocenters. The van der Waals surface area contributed by atoms with Gasteiger partial charge in [-0.1, -0.05) is 72.0 Å². The molecule has 1 radical (unpaired) electrons. The summed E-state index contributed by atoms with van der Waals surface area (Å²) in [6.07, 6.45) is 3.73. The molecule has 0 aliphatic carbocycles. The van der Waals surface area contributed by atoms with Crippen LogP contribution in [-0.4, -0.2) is 15.0 Å². The van der Waals surface area contributed by atoms with Gasteiger partial charge in [-0.15, -0.1) is 53.6 Å². The minimum absolute atomic E-state index is 0. The number of benzene rings is 4. The van der Waals surface area contributed by atoms with Crippen molar-refractivity contribution in [3.63, 3.8) is 0 Å². The minimum atomic E-state index is 0. The van der Waals surface area contributed by atoms with Crippen molar-refractivity contribution in [3.8, 4) is 33.6 Å². The number of aryl methyl sites for hydroxylation is 4. The molecule has 0 saturated carbocycles. The molecule has 46 heavy (non-hydrogen) atoms. The molecule has 8 aromatic rings. The fourth-order valence-electron chi connectivity index (χ4n) is 5.49. The maximum absolute atomic E-state index is 6.15. The van der Waals surface area contributed by atoms with Gasteiger partial charge in [0, 0.05) is 43.6 Å². The average molecular weight is 774 g/mol. The van der Waals surface area contributed by atoms with Gasteiger partial charge < -0.3 is 14.4 Å². The molecule has 4 aromatic carbocycles. The van der Waals surface area contributed by atoms with Crippen LogP contribution in [0.5, 0.6) is 0 Å². The Morgan fingerprint density at radius 2 is 1.41 bits per heavy atom. The van der Waals surface area contributed by atoms with E-state index in [9.17, 15) is 0 Å². The number of nitrogens with zero attached hydrogens (tertiary/aromatic N) is 3. The topological polar surface area (TPSA) is 51.8 Å². The van der Waals surface area contributed by atoms with Gasteiger partial charge in [0.05, 0.1) is 5.58 Å². The molecule has 0 N–H and O–H groups in total. The Labute approximate surface area is 282 Å². The van der Waals surface area contributed by atoms with E-state index in [1.54, 1.807) is 0 Å². The number of fused-ring (bicyclic) bond motifs is 4. The van der Waals surface area contributed by atoms with Crippen LogP contribution in [0.25, 0.3) is 66.5 Å². The predicted octanol–water partition coefficient (Wildman–Crippen LogP) is 10.4. The summed E-state index contributed by atoms with van der Waals surface area (Å²) in [4.78, 5) is 13.5. The minimum Gasteiger partial charge on any atom is -0.486 e. The van der Waals surface area contributed by atoms with Crippen LogP contribution in [0.3, 0.4) is 0 Å².